The van der Waals surface area contributed by atoms with E-state index in [1.807, 2.05) is 12.1 Å². The van der Waals surface area contributed by atoms with Crippen molar-refractivity contribution in [2.45, 2.75) is 25.9 Å². The second-order valence-corrected chi connectivity index (χ2v) is 4.11. The van der Waals surface area contributed by atoms with Gasteiger partial charge >= 0.3 is 0 Å². The summed E-state index contributed by atoms with van der Waals surface area (Å²) in [6.07, 6.45) is 1.21. The number of aliphatic hydroxyl groups is 1. The lowest BCUT2D eigenvalue weighted by molar-refractivity contribution is 0.174. The van der Waals surface area contributed by atoms with E-state index in [9.17, 15) is 5.11 Å². The number of benzene rings is 1. The number of ether oxygens (including phenoxy) is 2. The fraction of sp³-hybridized carbons (Fsp3) is 0.455. The molecule has 0 aromatic heterocycles. The van der Waals surface area contributed by atoms with Gasteiger partial charge in [0, 0.05) is 0 Å². The van der Waals surface area contributed by atoms with Crippen LogP contribution >= 0.6 is 11.6 Å². The minimum Gasteiger partial charge on any atom is -0.454 e. The predicted molar refractivity (Wildman–Crippen MR) is 57.6 cm³/mol. The van der Waals surface area contributed by atoms with Crippen molar-refractivity contribution >= 4 is 11.6 Å². The summed E-state index contributed by atoms with van der Waals surface area (Å²) >= 11 is 6.02. The van der Waals surface area contributed by atoms with Crippen LogP contribution in [0.2, 0.25) is 5.02 Å². The highest BCUT2D eigenvalue weighted by molar-refractivity contribution is 6.32. The van der Waals surface area contributed by atoms with E-state index in [4.69, 9.17) is 21.1 Å². The molecule has 1 atom stereocenters. The van der Waals surface area contributed by atoms with Crippen molar-refractivity contribution in [3.8, 4) is 11.5 Å². The Bertz CT molecular complexity index is 363. The van der Waals surface area contributed by atoms with Crippen LogP contribution in [0.1, 0.15) is 18.9 Å². The Hall–Kier alpha value is -0.930. The molecule has 1 heterocycles. The largest absolute Gasteiger partial charge is 0.454 e. The molecule has 0 aliphatic carbocycles. The van der Waals surface area contributed by atoms with Gasteiger partial charge in [0.25, 0.3) is 0 Å². The third kappa shape index (κ3) is 2.36. The molecule has 1 unspecified atom stereocenters. The van der Waals surface area contributed by atoms with Crippen LogP contribution in [-0.2, 0) is 6.42 Å². The molecule has 1 aliphatic heterocycles. The van der Waals surface area contributed by atoms with Crippen LogP contribution in [0, 0.1) is 0 Å². The SMILES string of the molecule is CC(O)CCc1cc(Cl)c2c(c1)OCO2. The summed E-state index contributed by atoms with van der Waals surface area (Å²) in [5.41, 5.74) is 1.06. The van der Waals surface area contributed by atoms with E-state index >= 15 is 0 Å². The molecule has 0 radical (unpaired) electrons. The highest BCUT2D eigenvalue weighted by atomic mass is 35.5. The maximum Gasteiger partial charge on any atom is 0.231 e. The molecule has 2 rings (SSSR count). The maximum absolute atomic E-state index is 9.19. The Kier molecular flexibility index (Phi) is 3.03. The molecule has 15 heavy (non-hydrogen) atoms. The second kappa shape index (κ2) is 4.29. The zero-order valence-corrected chi connectivity index (χ0v) is 9.25. The van der Waals surface area contributed by atoms with E-state index in [1.54, 1.807) is 6.92 Å². The van der Waals surface area contributed by atoms with Crippen molar-refractivity contribution in [1.29, 1.82) is 0 Å². The Morgan fingerprint density at radius 1 is 1.47 bits per heavy atom. The van der Waals surface area contributed by atoms with Crippen molar-refractivity contribution in [1.82, 2.24) is 0 Å². The average molecular weight is 229 g/mol. The van der Waals surface area contributed by atoms with Crippen molar-refractivity contribution in [2.24, 2.45) is 0 Å². The first-order valence-electron chi connectivity index (χ1n) is 4.93. The van der Waals surface area contributed by atoms with Gasteiger partial charge in [0.1, 0.15) is 0 Å². The van der Waals surface area contributed by atoms with Crippen LogP contribution in [0.25, 0.3) is 0 Å². The second-order valence-electron chi connectivity index (χ2n) is 3.70. The zero-order chi connectivity index (χ0) is 10.8. The van der Waals surface area contributed by atoms with Gasteiger partial charge in [-0.2, -0.15) is 0 Å². The van der Waals surface area contributed by atoms with Gasteiger partial charge < -0.3 is 14.6 Å². The quantitative estimate of drug-likeness (QED) is 0.864. The van der Waals surface area contributed by atoms with Gasteiger partial charge in [0.05, 0.1) is 11.1 Å². The van der Waals surface area contributed by atoms with Gasteiger partial charge in [-0.3, -0.25) is 0 Å². The van der Waals surface area contributed by atoms with Crippen LogP contribution < -0.4 is 9.47 Å². The lowest BCUT2D eigenvalue weighted by Gasteiger charge is -2.06. The molecule has 1 N–H and O–H groups in total. The number of hydrogen-bond donors (Lipinski definition) is 1. The van der Waals surface area contributed by atoms with Gasteiger partial charge in [-0.1, -0.05) is 11.6 Å². The Balaban J connectivity index is 2.16. The highest BCUT2D eigenvalue weighted by Gasteiger charge is 2.18. The predicted octanol–water partition coefficient (Wildman–Crippen LogP) is 2.38. The molecule has 1 aromatic carbocycles. The van der Waals surface area contributed by atoms with Gasteiger partial charge in [-0.25, -0.2) is 0 Å². The van der Waals surface area contributed by atoms with Gasteiger partial charge in [0.2, 0.25) is 6.79 Å². The van der Waals surface area contributed by atoms with E-state index in [0.717, 1.165) is 18.4 Å². The number of rotatable bonds is 3. The van der Waals surface area contributed by atoms with Crippen molar-refractivity contribution in [3.05, 3.63) is 22.7 Å². The Morgan fingerprint density at radius 3 is 3.00 bits per heavy atom. The molecule has 1 aliphatic rings. The molecule has 0 spiro atoms. The molecular formula is C11H13ClO3. The van der Waals surface area contributed by atoms with E-state index in [-0.39, 0.29) is 12.9 Å². The standard InChI is InChI=1S/C11H13ClO3/c1-7(13)2-3-8-4-9(12)11-10(5-8)14-6-15-11/h4-5,7,13H,2-3,6H2,1H3. The van der Waals surface area contributed by atoms with Crippen LogP contribution in [0.5, 0.6) is 11.5 Å². The van der Waals surface area contributed by atoms with Crippen LogP contribution in [0.4, 0.5) is 0 Å². The molecule has 0 saturated heterocycles. The summed E-state index contributed by atoms with van der Waals surface area (Å²) in [6.45, 7) is 2.00. The lowest BCUT2D eigenvalue weighted by atomic mass is 10.1. The van der Waals surface area contributed by atoms with Gasteiger partial charge in [-0.05, 0) is 37.5 Å². The number of aliphatic hydroxyl groups excluding tert-OH is 1. The van der Waals surface area contributed by atoms with Crippen LogP contribution in [0.15, 0.2) is 12.1 Å². The Morgan fingerprint density at radius 2 is 2.27 bits per heavy atom. The third-order valence-electron chi connectivity index (χ3n) is 2.34. The monoisotopic (exact) mass is 228 g/mol. The summed E-state index contributed by atoms with van der Waals surface area (Å²) in [5, 5.41) is 9.76. The lowest BCUT2D eigenvalue weighted by Crippen LogP contribution is -2.01. The number of aryl methyl sites for hydroxylation is 1. The topological polar surface area (TPSA) is 38.7 Å². The van der Waals surface area contributed by atoms with Crippen LogP contribution in [0.3, 0.4) is 0 Å². The van der Waals surface area contributed by atoms with Gasteiger partial charge in [0.15, 0.2) is 11.5 Å². The molecule has 0 saturated carbocycles. The molecule has 0 bridgehead atoms. The van der Waals surface area contributed by atoms with E-state index in [0.29, 0.717) is 16.5 Å². The zero-order valence-electron chi connectivity index (χ0n) is 8.50. The molecule has 3 nitrogen and oxygen atoms in total. The van der Waals surface area contributed by atoms with E-state index in [1.165, 1.54) is 0 Å². The first-order valence-corrected chi connectivity index (χ1v) is 5.30. The van der Waals surface area contributed by atoms with Gasteiger partial charge in [-0.15, -0.1) is 0 Å². The molecular weight excluding hydrogens is 216 g/mol. The van der Waals surface area contributed by atoms with Crippen molar-refractivity contribution in [3.63, 3.8) is 0 Å². The first kappa shape index (κ1) is 10.6. The summed E-state index contributed by atoms with van der Waals surface area (Å²) in [5.74, 6) is 1.32. The fourth-order valence-electron chi connectivity index (χ4n) is 1.54. The summed E-state index contributed by atoms with van der Waals surface area (Å²) in [6, 6.07) is 3.77. The number of halogens is 1. The fourth-order valence-corrected chi connectivity index (χ4v) is 1.83. The molecule has 1 aromatic rings. The smallest absolute Gasteiger partial charge is 0.231 e. The minimum absolute atomic E-state index is 0.231. The van der Waals surface area contributed by atoms with Crippen molar-refractivity contribution < 1.29 is 14.6 Å². The highest BCUT2D eigenvalue weighted by Crippen LogP contribution is 2.39. The maximum atomic E-state index is 9.19. The molecule has 4 heteroatoms. The summed E-state index contributed by atoms with van der Waals surface area (Å²) < 4.78 is 10.5. The number of hydrogen-bond acceptors (Lipinski definition) is 3. The molecule has 0 fully saturated rings. The summed E-state index contributed by atoms with van der Waals surface area (Å²) in [7, 11) is 0. The normalized spacial score (nSPS) is 15.4. The molecule has 82 valence electrons. The van der Waals surface area contributed by atoms with E-state index < -0.39 is 0 Å². The summed E-state index contributed by atoms with van der Waals surface area (Å²) in [4.78, 5) is 0. The first-order chi connectivity index (χ1) is 7.16. The van der Waals surface area contributed by atoms with Crippen molar-refractivity contribution in [2.75, 3.05) is 6.79 Å². The average Bonchev–Trinajstić information content (AvgIpc) is 2.63. The van der Waals surface area contributed by atoms with E-state index in [2.05, 4.69) is 0 Å². The molecule has 0 amide bonds. The Labute approximate surface area is 93.6 Å². The van der Waals surface area contributed by atoms with Crippen LogP contribution in [-0.4, -0.2) is 18.0 Å². The number of fused-ring (bicyclic) bond motifs is 1. The third-order valence-corrected chi connectivity index (χ3v) is 2.62. The minimum atomic E-state index is -0.297.